The highest BCUT2D eigenvalue weighted by atomic mass is 35.5. The van der Waals surface area contributed by atoms with Crippen LogP contribution in [0.2, 0.25) is 5.02 Å². The fourth-order valence-corrected chi connectivity index (χ4v) is 2.39. The van der Waals surface area contributed by atoms with E-state index in [1.54, 1.807) is 30.3 Å². The van der Waals surface area contributed by atoms with Gasteiger partial charge in [0.25, 0.3) is 0 Å². The summed E-state index contributed by atoms with van der Waals surface area (Å²) in [7, 11) is 0. The Bertz CT molecular complexity index is 725. The van der Waals surface area contributed by atoms with Crippen LogP contribution in [0.4, 0.5) is 9.18 Å². The molecule has 2 amide bonds. The van der Waals surface area contributed by atoms with Crippen molar-refractivity contribution in [1.29, 1.82) is 0 Å². The third kappa shape index (κ3) is 4.96. The second kappa shape index (κ2) is 8.31. The van der Waals surface area contributed by atoms with E-state index in [1.165, 1.54) is 12.1 Å². The predicted octanol–water partition coefficient (Wildman–Crippen LogP) is 2.97. The highest BCUT2D eigenvalue weighted by Crippen LogP contribution is 2.17. The molecule has 1 atom stereocenters. The molecule has 2 rings (SSSR count). The Morgan fingerprint density at radius 1 is 1.12 bits per heavy atom. The lowest BCUT2D eigenvalue weighted by molar-refractivity contribution is -0.123. The minimum atomic E-state index is -1.31. The number of carbonyl (C=O) groups excluding carboxylic acids is 1. The molecule has 0 aromatic heterocycles. The first-order valence-corrected chi connectivity index (χ1v) is 7.59. The molecule has 0 aliphatic heterocycles. The first kappa shape index (κ1) is 17.7. The Morgan fingerprint density at radius 3 is 2.50 bits per heavy atom. The van der Waals surface area contributed by atoms with E-state index in [-0.39, 0.29) is 23.6 Å². The number of hydrogen-bond acceptors (Lipinski definition) is 2. The van der Waals surface area contributed by atoms with Crippen LogP contribution < -0.4 is 10.6 Å². The molecule has 0 fully saturated rings. The molecule has 2 aromatic rings. The smallest absolute Gasteiger partial charge is 0.405 e. The second-order valence-corrected chi connectivity index (χ2v) is 5.53. The molecular weight excluding hydrogens is 335 g/mol. The second-order valence-electron chi connectivity index (χ2n) is 5.12. The topological polar surface area (TPSA) is 78.4 Å². The molecule has 7 heteroatoms. The third-order valence-electron chi connectivity index (χ3n) is 3.38. The molecule has 0 heterocycles. The predicted molar refractivity (Wildman–Crippen MR) is 88.4 cm³/mol. The Morgan fingerprint density at radius 2 is 1.83 bits per heavy atom. The summed E-state index contributed by atoms with van der Waals surface area (Å²) in [5.74, 6) is -1.15. The molecule has 3 N–H and O–H groups in total. The van der Waals surface area contributed by atoms with E-state index in [0.29, 0.717) is 0 Å². The van der Waals surface area contributed by atoms with Crippen molar-refractivity contribution in [3.8, 4) is 0 Å². The molecule has 0 aliphatic carbocycles. The van der Waals surface area contributed by atoms with Gasteiger partial charge in [-0.1, -0.05) is 54.1 Å². The number of carboxylic acid groups (broad SMARTS) is 1. The van der Waals surface area contributed by atoms with Crippen molar-refractivity contribution in [2.45, 2.75) is 19.0 Å². The zero-order valence-electron chi connectivity index (χ0n) is 12.6. The quantitative estimate of drug-likeness (QED) is 0.749. The average Bonchev–Trinajstić information content (AvgIpc) is 2.56. The Labute approximate surface area is 143 Å². The summed E-state index contributed by atoms with van der Waals surface area (Å²) in [4.78, 5) is 23.2. The van der Waals surface area contributed by atoms with Crippen LogP contribution in [0, 0.1) is 5.82 Å². The van der Waals surface area contributed by atoms with Crippen LogP contribution in [0.25, 0.3) is 0 Å². The van der Waals surface area contributed by atoms with Crippen molar-refractivity contribution in [3.63, 3.8) is 0 Å². The van der Waals surface area contributed by atoms with Gasteiger partial charge < -0.3 is 15.7 Å². The normalized spacial score (nSPS) is 11.6. The maximum absolute atomic E-state index is 13.8. The zero-order chi connectivity index (χ0) is 17.5. The molecule has 0 radical (unpaired) electrons. The van der Waals surface area contributed by atoms with Gasteiger partial charge in [-0.3, -0.25) is 4.79 Å². The first-order chi connectivity index (χ1) is 11.5. The van der Waals surface area contributed by atoms with Crippen molar-refractivity contribution in [3.05, 3.63) is 70.5 Å². The first-order valence-electron chi connectivity index (χ1n) is 7.21. The summed E-state index contributed by atoms with van der Waals surface area (Å²) in [5.41, 5.74) is 1.03. The summed E-state index contributed by atoms with van der Waals surface area (Å²) >= 11 is 5.69. The van der Waals surface area contributed by atoms with E-state index in [4.69, 9.17) is 16.7 Å². The summed E-state index contributed by atoms with van der Waals surface area (Å²) in [6.07, 6.45) is -1.11. The van der Waals surface area contributed by atoms with Crippen molar-refractivity contribution >= 4 is 23.6 Å². The molecule has 1 unspecified atom stereocenters. The largest absolute Gasteiger partial charge is 0.465 e. The fourth-order valence-electron chi connectivity index (χ4n) is 2.20. The number of halogens is 2. The van der Waals surface area contributed by atoms with Crippen LogP contribution in [0.15, 0.2) is 48.5 Å². The maximum atomic E-state index is 13.8. The van der Waals surface area contributed by atoms with E-state index in [0.717, 1.165) is 5.56 Å². The molecule has 5 nitrogen and oxygen atoms in total. The Balaban J connectivity index is 2.04. The van der Waals surface area contributed by atoms with E-state index in [1.807, 2.05) is 6.07 Å². The lowest BCUT2D eigenvalue weighted by Crippen LogP contribution is -2.47. The summed E-state index contributed by atoms with van der Waals surface area (Å²) < 4.78 is 13.8. The molecule has 0 aliphatic rings. The monoisotopic (exact) mass is 350 g/mol. The van der Waals surface area contributed by atoms with Crippen LogP contribution in [0.5, 0.6) is 0 Å². The van der Waals surface area contributed by atoms with E-state index in [2.05, 4.69) is 10.6 Å². The minimum Gasteiger partial charge on any atom is -0.465 e. The standard InChI is InChI=1S/C17H16ClFN2O3/c18-13-8-4-7-12(15(13)19)10-20-16(22)14(21-17(23)24)9-11-5-2-1-3-6-11/h1-8,14,21H,9-10H2,(H,20,22)(H,23,24). The molecule has 0 spiro atoms. The third-order valence-corrected chi connectivity index (χ3v) is 3.67. The molecule has 2 aromatic carbocycles. The number of rotatable bonds is 6. The summed E-state index contributed by atoms with van der Waals surface area (Å²) in [6, 6.07) is 12.5. The molecule has 0 saturated carbocycles. The van der Waals surface area contributed by atoms with Crippen LogP contribution in [0.1, 0.15) is 11.1 Å². The zero-order valence-corrected chi connectivity index (χ0v) is 13.4. The van der Waals surface area contributed by atoms with Crippen molar-refractivity contribution in [2.75, 3.05) is 0 Å². The van der Waals surface area contributed by atoms with Gasteiger partial charge in [-0.05, 0) is 11.6 Å². The Hall–Kier alpha value is -2.60. The van der Waals surface area contributed by atoms with Crippen LogP contribution in [0.3, 0.4) is 0 Å². The van der Waals surface area contributed by atoms with Crippen LogP contribution >= 0.6 is 11.6 Å². The van der Waals surface area contributed by atoms with Gasteiger partial charge in [-0.25, -0.2) is 9.18 Å². The van der Waals surface area contributed by atoms with Crippen molar-refractivity contribution in [1.82, 2.24) is 10.6 Å². The van der Waals surface area contributed by atoms with Gasteiger partial charge in [-0.15, -0.1) is 0 Å². The van der Waals surface area contributed by atoms with E-state index in [9.17, 15) is 14.0 Å². The van der Waals surface area contributed by atoms with Crippen LogP contribution in [-0.4, -0.2) is 23.1 Å². The molecular formula is C17H16ClFN2O3. The lowest BCUT2D eigenvalue weighted by Gasteiger charge is -2.17. The minimum absolute atomic E-state index is 0.0359. The number of amides is 2. The van der Waals surface area contributed by atoms with Gasteiger partial charge in [0, 0.05) is 18.5 Å². The average molecular weight is 351 g/mol. The van der Waals surface area contributed by atoms with Gasteiger partial charge in [0.15, 0.2) is 0 Å². The highest BCUT2D eigenvalue weighted by Gasteiger charge is 2.21. The number of nitrogens with one attached hydrogen (secondary N) is 2. The number of carbonyl (C=O) groups is 2. The van der Waals surface area contributed by atoms with E-state index >= 15 is 0 Å². The van der Waals surface area contributed by atoms with Gasteiger partial charge in [-0.2, -0.15) is 0 Å². The van der Waals surface area contributed by atoms with Gasteiger partial charge in [0.2, 0.25) is 5.91 Å². The van der Waals surface area contributed by atoms with Crippen molar-refractivity contribution in [2.24, 2.45) is 0 Å². The van der Waals surface area contributed by atoms with Gasteiger partial charge >= 0.3 is 6.09 Å². The maximum Gasteiger partial charge on any atom is 0.405 e. The van der Waals surface area contributed by atoms with Gasteiger partial charge in [0.1, 0.15) is 11.9 Å². The summed E-state index contributed by atoms with van der Waals surface area (Å²) in [6.45, 7) is -0.0855. The van der Waals surface area contributed by atoms with Gasteiger partial charge in [0.05, 0.1) is 5.02 Å². The number of hydrogen-bond donors (Lipinski definition) is 3. The number of benzene rings is 2. The molecule has 126 valence electrons. The molecule has 0 bridgehead atoms. The van der Waals surface area contributed by atoms with Crippen molar-refractivity contribution < 1.29 is 19.1 Å². The molecule has 0 saturated heterocycles. The highest BCUT2D eigenvalue weighted by molar-refractivity contribution is 6.30. The summed E-state index contributed by atoms with van der Waals surface area (Å²) in [5, 5.41) is 13.6. The molecule has 24 heavy (non-hydrogen) atoms. The fraction of sp³-hybridized carbons (Fsp3) is 0.176. The lowest BCUT2D eigenvalue weighted by atomic mass is 10.1. The van der Waals surface area contributed by atoms with Crippen LogP contribution in [-0.2, 0) is 17.8 Å². The SMILES string of the molecule is O=C(O)NC(Cc1ccccc1)C(=O)NCc1cccc(Cl)c1F. The Kier molecular flexibility index (Phi) is 6.14. The van der Waals surface area contributed by atoms with E-state index < -0.39 is 23.9 Å².